The molecule has 0 saturated heterocycles. The fourth-order valence-electron chi connectivity index (χ4n) is 5.75. The van der Waals surface area contributed by atoms with Crippen LogP contribution in [0.1, 0.15) is 45.4 Å². The zero-order valence-electron chi connectivity index (χ0n) is 12.7. The van der Waals surface area contributed by atoms with Gasteiger partial charge in [-0.3, -0.25) is 0 Å². The lowest BCUT2D eigenvalue weighted by Gasteiger charge is -2.51. The molecule has 0 aliphatic heterocycles. The summed E-state index contributed by atoms with van der Waals surface area (Å²) < 4.78 is 0. The Bertz CT molecular complexity index is 509. The number of aliphatic hydroxyl groups is 3. The normalized spacial score (nSPS) is 52.4. The van der Waals surface area contributed by atoms with E-state index in [2.05, 4.69) is 6.92 Å². The van der Waals surface area contributed by atoms with Crippen molar-refractivity contribution in [1.82, 2.24) is 0 Å². The molecule has 3 fully saturated rings. The lowest BCUT2D eigenvalue weighted by molar-refractivity contribution is -0.0315. The Morgan fingerprint density at radius 2 is 1.76 bits per heavy atom. The molecule has 3 saturated carbocycles. The van der Waals surface area contributed by atoms with Crippen molar-refractivity contribution in [2.45, 2.75) is 63.8 Å². The van der Waals surface area contributed by atoms with Crippen molar-refractivity contribution in [3.8, 4) is 0 Å². The molecule has 0 spiro atoms. The molecule has 4 rings (SSSR count). The van der Waals surface area contributed by atoms with Gasteiger partial charge in [-0.15, -0.1) is 0 Å². The summed E-state index contributed by atoms with van der Waals surface area (Å²) in [7, 11) is 0. The summed E-state index contributed by atoms with van der Waals surface area (Å²) in [4.78, 5) is 0. The van der Waals surface area contributed by atoms with Gasteiger partial charge in [0.15, 0.2) is 0 Å². The first kappa shape index (κ1) is 14.0. The third-order valence-corrected chi connectivity index (χ3v) is 6.98. The summed E-state index contributed by atoms with van der Waals surface area (Å²) in [6.45, 7) is 2.28. The molecule has 4 aliphatic carbocycles. The van der Waals surface area contributed by atoms with Crippen molar-refractivity contribution in [1.29, 1.82) is 0 Å². The lowest BCUT2D eigenvalue weighted by atomic mass is 9.54. The molecule has 0 amide bonds. The van der Waals surface area contributed by atoms with Gasteiger partial charge in [0.05, 0.1) is 6.10 Å². The molecule has 0 radical (unpaired) electrons. The van der Waals surface area contributed by atoms with Crippen molar-refractivity contribution >= 4 is 0 Å². The van der Waals surface area contributed by atoms with Crippen molar-refractivity contribution in [3.05, 3.63) is 23.3 Å². The average Bonchev–Trinajstić information content (AvgIpc) is 2.76. The fourth-order valence-corrected chi connectivity index (χ4v) is 5.75. The van der Waals surface area contributed by atoms with Crippen LogP contribution >= 0.6 is 0 Å². The molecule has 0 aromatic heterocycles. The van der Waals surface area contributed by atoms with Crippen LogP contribution in [0, 0.1) is 23.2 Å². The van der Waals surface area contributed by atoms with Crippen LogP contribution in [0.5, 0.6) is 0 Å². The first-order valence-corrected chi connectivity index (χ1v) is 8.47. The maximum atomic E-state index is 10.4. The van der Waals surface area contributed by atoms with Crippen LogP contribution in [0.25, 0.3) is 0 Å². The Morgan fingerprint density at radius 1 is 1.00 bits per heavy atom. The molecule has 116 valence electrons. The van der Waals surface area contributed by atoms with Crippen molar-refractivity contribution in [2.75, 3.05) is 0 Å². The molecule has 7 unspecified atom stereocenters. The third-order valence-electron chi connectivity index (χ3n) is 6.98. The first-order chi connectivity index (χ1) is 10.0. The largest absolute Gasteiger partial charge is 0.393 e. The van der Waals surface area contributed by atoms with Crippen LogP contribution in [0.15, 0.2) is 23.3 Å². The maximum absolute atomic E-state index is 10.4. The van der Waals surface area contributed by atoms with Gasteiger partial charge in [-0.1, -0.05) is 6.92 Å². The van der Waals surface area contributed by atoms with Gasteiger partial charge in [0.25, 0.3) is 0 Å². The second kappa shape index (κ2) is 4.68. The van der Waals surface area contributed by atoms with Crippen LogP contribution in [0.2, 0.25) is 0 Å². The molecule has 3 heteroatoms. The molecule has 21 heavy (non-hydrogen) atoms. The summed E-state index contributed by atoms with van der Waals surface area (Å²) in [5.74, 6) is 1.79. The number of aliphatic hydroxyl groups excluding tert-OH is 3. The summed E-state index contributed by atoms with van der Waals surface area (Å²) in [5, 5.41) is 30.2. The van der Waals surface area contributed by atoms with E-state index < -0.39 is 12.2 Å². The van der Waals surface area contributed by atoms with Gasteiger partial charge in [0.1, 0.15) is 12.2 Å². The van der Waals surface area contributed by atoms with E-state index in [4.69, 9.17) is 0 Å². The minimum Gasteiger partial charge on any atom is -0.393 e. The van der Waals surface area contributed by atoms with E-state index in [1.54, 1.807) is 0 Å². The Hall–Kier alpha value is -0.640. The van der Waals surface area contributed by atoms with Gasteiger partial charge < -0.3 is 15.3 Å². The highest BCUT2D eigenvalue weighted by molar-refractivity contribution is 5.42. The topological polar surface area (TPSA) is 60.7 Å². The standard InChI is InChI=1S/C18H26O3/c1-18-7-6-11-12(14(18)4-5-17(18)21)3-2-10-8-15(19)16(20)9-13(10)11/h8-9,11-12,14-17,19-21H,2-7H2,1H3. The molecular formula is C18H26O3. The van der Waals surface area contributed by atoms with E-state index in [9.17, 15) is 15.3 Å². The van der Waals surface area contributed by atoms with Gasteiger partial charge >= 0.3 is 0 Å². The summed E-state index contributed by atoms with van der Waals surface area (Å²) in [5.41, 5.74) is 2.67. The zero-order chi connectivity index (χ0) is 14.8. The summed E-state index contributed by atoms with van der Waals surface area (Å²) in [6.07, 6.45) is 8.65. The molecule has 0 bridgehead atoms. The second-order valence-electron chi connectivity index (χ2n) is 7.85. The Kier molecular flexibility index (Phi) is 3.11. The van der Waals surface area contributed by atoms with E-state index in [0.717, 1.165) is 32.1 Å². The highest BCUT2D eigenvalue weighted by atomic mass is 16.3. The molecule has 4 aliphatic rings. The molecule has 0 heterocycles. The van der Waals surface area contributed by atoms with Gasteiger partial charge in [0.2, 0.25) is 0 Å². The van der Waals surface area contributed by atoms with E-state index in [-0.39, 0.29) is 11.5 Å². The number of rotatable bonds is 0. The summed E-state index contributed by atoms with van der Waals surface area (Å²) >= 11 is 0. The lowest BCUT2D eigenvalue weighted by Crippen LogP contribution is -2.46. The molecule has 7 atom stereocenters. The van der Waals surface area contributed by atoms with Crippen molar-refractivity contribution in [2.24, 2.45) is 23.2 Å². The van der Waals surface area contributed by atoms with Crippen LogP contribution in [-0.2, 0) is 0 Å². The quantitative estimate of drug-likeness (QED) is 0.641. The van der Waals surface area contributed by atoms with Gasteiger partial charge in [-0.2, -0.15) is 0 Å². The van der Waals surface area contributed by atoms with Crippen LogP contribution in [0.4, 0.5) is 0 Å². The van der Waals surface area contributed by atoms with E-state index in [1.165, 1.54) is 17.6 Å². The predicted molar refractivity (Wildman–Crippen MR) is 80.5 cm³/mol. The number of hydrogen-bond acceptors (Lipinski definition) is 3. The third kappa shape index (κ3) is 1.90. The number of allylic oxidation sites excluding steroid dienone is 2. The Morgan fingerprint density at radius 3 is 2.57 bits per heavy atom. The Balaban J connectivity index is 1.66. The highest BCUT2D eigenvalue weighted by Crippen LogP contribution is 2.61. The van der Waals surface area contributed by atoms with Gasteiger partial charge in [-0.05, 0) is 85.0 Å². The smallest absolute Gasteiger partial charge is 0.102 e. The van der Waals surface area contributed by atoms with E-state index in [1.807, 2.05) is 12.2 Å². The van der Waals surface area contributed by atoms with Crippen LogP contribution in [-0.4, -0.2) is 33.6 Å². The average molecular weight is 290 g/mol. The second-order valence-corrected chi connectivity index (χ2v) is 7.85. The molecule has 3 N–H and O–H groups in total. The minimum absolute atomic E-state index is 0.107. The highest BCUT2D eigenvalue weighted by Gasteiger charge is 2.55. The molecular weight excluding hydrogens is 264 g/mol. The maximum Gasteiger partial charge on any atom is 0.102 e. The fraction of sp³-hybridized carbons (Fsp3) is 0.778. The van der Waals surface area contributed by atoms with Crippen LogP contribution < -0.4 is 0 Å². The minimum atomic E-state index is -0.745. The van der Waals surface area contributed by atoms with Crippen molar-refractivity contribution < 1.29 is 15.3 Å². The van der Waals surface area contributed by atoms with Gasteiger partial charge in [0, 0.05) is 0 Å². The monoisotopic (exact) mass is 290 g/mol. The predicted octanol–water partition coefficient (Wildman–Crippen LogP) is 2.17. The number of hydrogen-bond donors (Lipinski definition) is 3. The zero-order valence-corrected chi connectivity index (χ0v) is 12.7. The molecule has 3 nitrogen and oxygen atoms in total. The van der Waals surface area contributed by atoms with E-state index in [0.29, 0.717) is 17.8 Å². The molecule has 0 aromatic rings. The van der Waals surface area contributed by atoms with Crippen LogP contribution in [0.3, 0.4) is 0 Å². The SMILES string of the molecule is CC12CCC3C4=CC(O)C(O)C=C4CCC3C1CCC2O. The van der Waals surface area contributed by atoms with Crippen molar-refractivity contribution in [3.63, 3.8) is 0 Å². The summed E-state index contributed by atoms with van der Waals surface area (Å²) in [6, 6.07) is 0. The first-order valence-electron chi connectivity index (χ1n) is 8.47. The van der Waals surface area contributed by atoms with Gasteiger partial charge in [-0.25, -0.2) is 0 Å². The molecule has 0 aromatic carbocycles. The number of fused-ring (bicyclic) bond motifs is 5. The van der Waals surface area contributed by atoms with E-state index >= 15 is 0 Å². The Labute approximate surface area is 126 Å².